The van der Waals surface area contributed by atoms with Gasteiger partial charge in [-0.05, 0) is 42.8 Å². The van der Waals surface area contributed by atoms with Gasteiger partial charge in [-0.3, -0.25) is 4.79 Å². The van der Waals surface area contributed by atoms with Crippen LogP contribution < -0.4 is 4.90 Å². The van der Waals surface area contributed by atoms with Gasteiger partial charge in [0.05, 0.1) is 19.0 Å². The fourth-order valence-electron chi connectivity index (χ4n) is 3.62. The van der Waals surface area contributed by atoms with Crippen molar-refractivity contribution in [3.63, 3.8) is 0 Å². The molecule has 4 amide bonds. The Bertz CT molecular complexity index is 889. The van der Waals surface area contributed by atoms with Crippen LogP contribution >= 0.6 is 11.8 Å². The number of carbonyl (C=O) groups excluding carboxylic acids is 3. The highest BCUT2D eigenvalue weighted by atomic mass is 32.2. The van der Waals surface area contributed by atoms with E-state index in [0.29, 0.717) is 9.95 Å². The molecule has 1 aromatic carbocycles. The zero-order chi connectivity index (χ0) is 17.9. The number of thioether (sulfide) groups is 1. The summed E-state index contributed by atoms with van der Waals surface area (Å²) in [6.07, 6.45) is 2.51. The first-order valence-corrected chi connectivity index (χ1v) is 8.95. The monoisotopic (exact) mass is 356 g/mol. The normalized spacial score (nSPS) is 25.3. The molecule has 2 unspecified atom stereocenters. The van der Waals surface area contributed by atoms with Crippen LogP contribution in [0, 0.1) is 5.92 Å². The molecule has 0 aliphatic carbocycles. The Morgan fingerprint density at radius 3 is 2.76 bits per heavy atom. The third-order valence-electron chi connectivity index (χ3n) is 4.94. The second-order valence-corrected chi connectivity index (χ2v) is 7.61. The van der Waals surface area contributed by atoms with Crippen LogP contribution in [0.2, 0.25) is 0 Å². The van der Waals surface area contributed by atoms with E-state index < -0.39 is 5.92 Å². The molecule has 7 heteroatoms. The lowest BCUT2D eigenvalue weighted by molar-refractivity contribution is -0.403. The molecule has 0 saturated heterocycles. The number of urea groups is 1. The van der Waals surface area contributed by atoms with Crippen molar-refractivity contribution < 1.29 is 19.0 Å². The molecule has 0 bridgehead atoms. The van der Waals surface area contributed by atoms with Crippen LogP contribution in [-0.4, -0.2) is 52.5 Å². The fourth-order valence-corrected chi connectivity index (χ4v) is 4.74. The van der Waals surface area contributed by atoms with Gasteiger partial charge in [0.1, 0.15) is 5.92 Å². The van der Waals surface area contributed by atoms with Crippen molar-refractivity contribution in [3.8, 4) is 0 Å². The molecule has 6 nitrogen and oxygen atoms in total. The van der Waals surface area contributed by atoms with E-state index in [1.54, 1.807) is 18.0 Å². The minimum atomic E-state index is -0.551. The molecule has 1 aromatic rings. The molecule has 0 N–H and O–H groups in total. The van der Waals surface area contributed by atoms with Crippen LogP contribution in [0.25, 0.3) is 0 Å². The van der Waals surface area contributed by atoms with Gasteiger partial charge in [-0.2, -0.15) is 14.3 Å². The summed E-state index contributed by atoms with van der Waals surface area (Å²) in [5, 5.41) is 0.608. The lowest BCUT2D eigenvalue weighted by Crippen LogP contribution is -2.49. The summed E-state index contributed by atoms with van der Waals surface area (Å²) in [5.41, 5.74) is 2.08. The number of anilines is 1. The minimum Gasteiger partial charge on any atom is -0.305 e. The predicted octanol–water partition coefficient (Wildman–Crippen LogP) is 1.84. The van der Waals surface area contributed by atoms with Gasteiger partial charge in [-0.25, -0.2) is 4.79 Å². The number of fused-ring (bicyclic) bond motifs is 2. The van der Waals surface area contributed by atoms with E-state index in [0.717, 1.165) is 22.6 Å². The number of imide groups is 1. The number of carbonyl (C=O) groups is 3. The van der Waals surface area contributed by atoms with Gasteiger partial charge in [-0.1, -0.05) is 18.2 Å². The maximum atomic E-state index is 13.1. The van der Waals surface area contributed by atoms with Crippen molar-refractivity contribution in [2.45, 2.75) is 19.4 Å². The number of para-hydroxylation sites is 1. The van der Waals surface area contributed by atoms with Crippen LogP contribution in [0.3, 0.4) is 0 Å². The standard InChI is InChI=1S/C18H18N3O3S/c1-10-8-11-6-4-5-7-13(11)21(10)16(23)14-9-12-15(22)19(2)18(24)20(3)17(12)25-14/h4-7,9-10,12H,8H2,1-3H3/q+1. The van der Waals surface area contributed by atoms with Crippen molar-refractivity contribution in [3.05, 3.63) is 40.8 Å². The van der Waals surface area contributed by atoms with Gasteiger partial charge in [-0.15, -0.1) is 0 Å². The smallest absolute Gasteiger partial charge is 0.305 e. The molecule has 128 valence electrons. The number of amides is 4. The average molecular weight is 356 g/mol. The molecule has 3 heterocycles. The molecule has 0 aromatic heterocycles. The highest BCUT2D eigenvalue weighted by molar-refractivity contribution is 8.18. The minimum absolute atomic E-state index is 0.0664. The molecule has 3 aliphatic rings. The topological polar surface area (TPSA) is 60.7 Å². The van der Waals surface area contributed by atoms with Crippen molar-refractivity contribution in [1.29, 1.82) is 0 Å². The SMILES string of the molecule is CC1Cc2ccccc2N1C(=O)C1=CC2C(=O)N(C)C(=O)[N+](C)=C2S1. The fraction of sp³-hybridized carbons (Fsp3) is 0.333. The first-order chi connectivity index (χ1) is 11.9. The largest absolute Gasteiger partial charge is 0.500 e. The average Bonchev–Trinajstić information content (AvgIpc) is 3.18. The van der Waals surface area contributed by atoms with Crippen molar-refractivity contribution in [1.82, 2.24) is 4.90 Å². The molecule has 25 heavy (non-hydrogen) atoms. The van der Waals surface area contributed by atoms with E-state index in [1.165, 1.54) is 23.4 Å². The van der Waals surface area contributed by atoms with Gasteiger partial charge in [0.25, 0.3) is 5.91 Å². The molecule has 0 radical (unpaired) electrons. The molecule has 0 fully saturated rings. The maximum absolute atomic E-state index is 13.1. The van der Waals surface area contributed by atoms with E-state index in [-0.39, 0.29) is 23.9 Å². The van der Waals surface area contributed by atoms with Crippen LogP contribution in [0.4, 0.5) is 10.5 Å². The van der Waals surface area contributed by atoms with E-state index in [2.05, 4.69) is 0 Å². The van der Waals surface area contributed by atoms with E-state index >= 15 is 0 Å². The van der Waals surface area contributed by atoms with Gasteiger partial charge >= 0.3 is 11.9 Å². The maximum Gasteiger partial charge on any atom is 0.500 e. The van der Waals surface area contributed by atoms with Gasteiger partial charge in [0, 0.05) is 11.7 Å². The van der Waals surface area contributed by atoms with Gasteiger partial charge in [0.2, 0.25) is 0 Å². The molecular formula is C18H18N3O3S+. The van der Waals surface area contributed by atoms with Crippen LogP contribution in [0.5, 0.6) is 0 Å². The second-order valence-electron chi connectivity index (χ2n) is 6.54. The lowest BCUT2D eigenvalue weighted by atomic mass is 10.1. The molecule has 3 aliphatic heterocycles. The summed E-state index contributed by atoms with van der Waals surface area (Å²) in [5.74, 6) is -0.950. The summed E-state index contributed by atoms with van der Waals surface area (Å²) in [7, 11) is 3.10. The highest BCUT2D eigenvalue weighted by Crippen LogP contribution is 2.40. The Kier molecular flexibility index (Phi) is 3.57. The third kappa shape index (κ3) is 2.26. The number of benzene rings is 1. The molecular weight excluding hydrogens is 338 g/mol. The molecule has 2 atom stereocenters. The number of hydrogen-bond donors (Lipinski definition) is 0. The van der Waals surface area contributed by atoms with Gasteiger partial charge in [0.15, 0.2) is 5.04 Å². The summed E-state index contributed by atoms with van der Waals surface area (Å²) >= 11 is 1.23. The summed E-state index contributed by atoms with van der Waals surface area (Å²) in [4.78, 5) is 41.0. The van der Waals surface area contributed by atoms with E-state index in [4.69, 9.17) is 0 Å². The van der Waals surface area contributed by atoms with Gasteiger partial charge < -0.3 is 4.90 Å². The van der Waals surface area contributed by atoms with Crippen LogP contribution in [0.1, 0.15) is 12.5 Å². The highest BCUT2D eigenvalue weighted by Gasteiger charge is 2.49. The second kappa shape index (κ2) is 5.56. The zero-order valence-corrected chi connectivity index (χ0v) is 15.0. The van der Waals surface area contributed by atoms with Crippen molar-refractivity contribution in [2.75, 3.05) is 19.0 Å². The third-order valence-corrected chi connectivity index (χ3v) is 6.20. The predicted molar refractivity (Wildman–Crippen MR) is 95.6 cm³/mol. The Labute approximate surface area is 149 Å². The Balaban J connectivity index is 1.70. The van der Waals surface area contributed by atoms with E-state index in [1.807, 2.05) is 31.2 Å². The van der Waals surface area contributed by atoms with Crippen LogP contribution in [0.15, 0.2) is 35.2 Å². The lowest BCUT2D eigenvalue weighted by Gasteiger charge is -2.22. The number of rotatable bonds is 1. The van der Waals surface area contributed by atoms with Crippen molar-refractivity contribution in [2.24, 2.45) is 5.92 Å². The summed E-state index contributed by atoms with van der Waals surface area (Å²) < 4.78 is 1.45. The quantitative estimate of drug-likeness (QED) is 0.721. The molecule has 4 rings (SSSR count). The first-order valence-electron chi connectivity index (χ1n) is 8.13. The van der Waals surface area contributed by atoms with E-state index in [9.17, 15) is 14.4 Å². The van der Waals surface area contributed by atoms with Crippen LogP contribution in [-0.2, 0) is 16.0 Å². The first kappa shape index (κ1) is 16.1. The number of nitrogens with zero attached hydrogens (tertiary/aromatic N) is 3. The number of hydrogen-bond acceptors (Lipinski definition) is 4. The summed E-state index contributed by atoms with van der Waals surface area (Å²) in [6.45, 7) is 2.02. The molecule has 0 saturated carbocycles. The Morgan fingerprint density at radius 1 is 1.28 bits per heavy atom. The summed E-state index contributed by atoms with van der Waals surface area (Å²) in [6, 6.07) is 7.58. The Morgan fingerprint density at radius 2 is 2.00 bits per heavy atom. The van der Waals surface area contributed by atoms with Crippen molar-refractivity contribution >= 4 is 40.3 Å². The zero-order valence-electron chi connectivity index (χ0n) is 14.2. The molecule has 0 spiro atoms. The Hall–Kier alpha value is -2.41.